The van der Waals surface area contributed by atoms with E-state index in [9.17, 15) is 9.59 Å². The van der Waals surface area contributed by atoms with Crippen molar-refractivity contribution in [2.75, 3.05) is 0 Å². The number of aromatic amines is 2. The molecule has 3 rings (SSSR count). The average molecular weight is 274 g/mol. The highest BCUT2D eigenvalue weighted by Crippen LogP contribution is 2.20. The predicted molar refractivity (Wildman–Crippen MR) is 73.4 cm³/mol. The van der Waals surface area contributed by atoms with Gasteiger partial charge in [-0.2, -0.15) is 3.97 Å². The number of hydrogen-bond donors (Lipinski definition) is 2. The van der Waals surface area contributed by atoms with Crippen LogP contribution in [0, 0.1) is 6.92 Å². The lowest BCUT2D eigenvalue weighted by molar-refractivity contribution is 1.00. The molecule has 0 spiro atoms. The van der Waals surface area contributed by atoms with E-state index >= 15 is 0 Å². The second kappa shape index (κ2) is 4.43. The summed E-state index contributed by atoms with van der Waals surface area (Å²) in [5.74, 6) is 0. The smallest absolute Gasteiger partial charge is 0.339 e. The van der Waals surface area contributed by atoms with Crippen molar-refractivity contribution < 1.29 is 0 Å². The van der Waals surface area contributed by atoms with Crippen LogP contribution in [0.15, 0.2) is 45.1 Å². The summed E-state index contributed by atoms with van der Waals surface area (Å²) in [6, 6.07) is 7.56. The SMILES string of the molecule is Cc1ccccc1Sn1c(=O)[nH]c2nc[nH]c2c1=O. The van der Waals surface area contributed by atoms with E-state index in [1.165, 1.54) is 6.33 Å². The van der Waals surface area contributed by atoms with Crippen LogP contribution in [0.2, 0.25) is 0 Å². The van der Waals surface area contributed by atoms with Crippen LogP contribution in [0.3, 0.4) is 0 Å². The maximum atomic E-state index is 12.2. The first-order valence-electron chi connectivity index (χ1n) is 5.59. The second-order valence-corrected chi connectivity index (χ2v) is 5.00. The fourth-order valence-corrected chi connectivity index (χ4v) is 2.59. The summed E-state index contributed by atoms with van der Waals surface area (Å²) in [7, 11) is 0. The summed E-state index contributed by atoms with van der Waals surface area (Å²) in [6.07, 6.45) is 1.38. The van der Waals surface area contributed by atoms with Crippen LogP contribution in [-0.4, -0.2) is 18.9 Å². The molecular formula is C12H10N4O2S. The van der Waals surface area contributed by atoms with Crippen molar-refractivity contribution in [3.63, 3.8) is 0 Å². The summed E-state index contributed by atoms with van der Waals surface area (Å²) in [5.41, 5.74) is 0.684. The van der Waals surface area contributed by atoms with Crippen molar-refractivity contribution in [2.24, 2.45) is 0 Å². The molecular weight excluding hydrogens is 264 g/mol. The minimum Gasteiger partial charge on any atom is -0.339 e. The van der Waals surface area contributed by atoms with E-state index in [-0.39, 0.29) is 5.65 Å². The second-order valence-electron chi connectivity index (χ2n) is 4.01. The molecule has 96 valence electrons. The van der Waals surface area contributed by atoms with Gasteiger partial charge in [0.2, 0.25) is 0 Å². The van der Waals surface area contributed by atoms with Gasteiger partial charge in [-0.05, 0) is 18.6 Å². The molecule has 0 fully saturated rings. The Bertz CT molecular complexity index is 862. The van der Waals surface area contributed by atoms with Crippen molar-refractivity contribution >= 4 is 23.1 Å². The van der Waals surface area contributed by atoms with Gasteiger partial charge in [0, 0.05) is 16.8 Å². The Kier molecular flexibility index (Phi) is 2.75. The topological polar surface area (TPSA) is 83.5 Å². The van der Waals surface area contributed by atoms with Gasteiger partial charge >= 0.3 is 5.69 Å². The molecule has 0 aliphatic heterocycles. The highest BCUT2D eigenvalue weighted by Gasteiger charge is 2.11. The molecule has 0 saturated carbocycles. The number of nitrogens with one attached hydrogen (secondary N) is 2. The van der Waals surface area contributed by atoms with Crippen LogP contribution in [0.4, 0.5) is 0 Å². The number of benzene rings is 1. The Morgan fingerprint density at radius 2 is 2.05 bits per heavy atom. The van der Waals surface area contributed by atoms with E-state index in [1.54, 1.807) is 0 Å². The number of rotatable bonds is 2. The molecule has 0 amide bonds. The maximum absolute atomic E-state index is 12.2. The molecule has 3 aromatic rings. The Labute approximate surface area is 111 Å². The van der Waals surface area contributed by atoms with Gasteiger partial charge in [-0.25, -0.2) is 9.78 Å². The molecule has 0 bridgehead atoms. The predicted octanol–water partition coefficient (Wildman–Crippen LogP) is 1.28. The Morgan fingerprint density at radius 1 is 1.26 bits per heavy atom. The van der Waals surface area contributed by atoms with Crippen LogP contribution in [0.1, 0.15) is 5.56 Å². The largest absolute Gasteiger partial charge is 0.340 e. The number of aryl methyl sites for hydroxylation is 1. The number of imidazole rings is 1. The third kappa shape index (κ3) is 1.97. The van der Waals surface area contributed by atoms with Gasteiger partial charge in [0.25, 0.3) is 5.56 Å². The highest BCUT2D eigenvalue weighted by molar-refractivity contribution is 7.97. The van der Waals surface area contributed by atoms with Crippen molar-refractivity contribution in [3.05, 3.63) is 57.0 Å². The Balaban J connectivity index is 2.18. The zero-order chi connectivity index (χ0) is 13.4. The van der Waals surface area contributed by atoms with Gasteiger partial charge in [0.15, 0.2) is 11.2 Å². The minimum absolute atomic E-state index is 0.275. The standard InChI is InChI=1S/C12H10N4O2S/c1-7-4-2-3-5-8(7)19-16-11(17)9-10(14-6-13-9)15-12(16)18/h2-6H,1H3,(H,13,14)(H,15,18). The summed E-state index contributed by atoms with van der Waals surface area (Å²) in [4.78, 5) is 34.1. The van der Waals surface area contributed by atoms with E-state index in [0.717, 1.165) is 26.4 Å². The quantitative estimate of drug-likeness (QED) is 0.737. The molecule has 0 atom stereocenters. The van der Waals surface area contributed by atoms with Crippen LogP contribution in [0.25, 0.3) is 11.2 Å². The molecule has 0 radical (unpaired) electrons. The van der Waals surface area contributed by atoms with Gasteiger partial charge in [-0.15, -0.1) is 0 Å². The fraction of sp³-hybridized carbons (Fsp3) is 0.0833. The van der Waals surface area contributed by atoms with E-state index in [4.69, 9.17) is 0 Å². The molecule has 0 aliphatic rings. The third-order valence-electron chi connectivity index (χ3n) is 2.73. The van der Waals surface area contributed by atoms with Crippen molar-refractivity contribution in [1.82, 2.24) is 18.9 Å². The lowest BCUT2D eigenvalue weighted by atomic mass is 10.2. The zero-order valence-corrected chi connectivity index (χ0v) is 10.8. The average Bonchev–Trinajstić information content (AvgIpc) is 2.84. The number of H-pyrrole nitrogens is 2. The molecule has 19 heavy (non-hydrogen) atoms. The maximum Gasteiger partial charge on any atom is 0.340 e. The van der Waals surface area contributed by atoms with Gasteiger partial charge < -0.3 is 4.98 Å². The molecule has 7 heteroatoms. The normalized spacial score (nSPS) is 11.0. The van der Waals surface area contributed by atoms with E-state index in [1.807, 2.05) is 31.2 Å². The molecule has 0 aliphatic carbocycles. The molecule has 1 aromatic carbocycles. The molecule has 0 unspecified atom stereocenters. The van der Waals surface area contributed by atoms with Crippen LogP contribution in [-0.2, 0) is 0 Å². The molecule has 2 heterocycles. The van der Waals surface area contributed by atoms with Crippen molar-refractivity contribution in [2.45, 2.75) is 11.8 Å². The van der Waals surface area contributed by atoms with Crippen LogP contribution >= 0.6 is 11.9 Å². The van der Waals surface area contributed by atoms with E-state index in [0.29, 0.717) is 5.52 Å². The van der Waals surface area contributed by atoms with Crippen molar-refractivity contribution in [3.8, 4) is 0 Å². The molecule has 2 N–H and O–H groups in total. The molecule has 0 saturated heterocycles. The molecule has 6 nitrogen and oxygen atoms in total. The first kappa shape index (κ1) is 11.8. The van der Waals surface area contributed by atoms with E-state index < -0.39 is 11.2 Å². The van der Waals surface area contributed by atoms with Gasteiger partial charge in [-0.1, -0.05) is 18.2 Å². The summed E-state index contributed by atoms with van der Waals surface area (Å²) >= 11 is 1.10. The lowest BCUT2D eigenvalue weighted by Gasteiger charge is -2.05. The minimum atomic E-state index is -0.488. The third-order valence-corrected chi connectivity index (χ3v) is 3.90. The van der Waals surface area contributed by atoms with Crippen LogP contribution < -0.4 is 11.2 Å². The summed E-state index contributed by atoms with van der Waals surface area (Å²) < 4.78 is 1.09. The monoisotopic (exact) mass is 274 g/mol. The molecule has 2 aromatic heterocycles. The van der Waals surface area contributed by atoms with Gasteiger partial charge in [-0.3, -0.25) is 9.78 Å². The lowest BCUT2D eigenvalue weighted by Crippen LogP contribution is -2.31. The number of aromatic nitrogens is 4. The van der Waals surface area contributed by atoms with E-state index in [2.05, 4.69) is 15.0 Å². The number of fused-ring (bicyclic) bond motifs is 1. The van der Waals surface area contributed by atoms with Gasteiger partial charge in [0.05, 0.1) is 6.33 Å². The zero-order valence-electron chi connectivity index (χ0n) is 10.0. The number of hydrogen-bond acceptors (Lipinski definition) is 4. The summed E-state index contributed by atoms with van der Waals surface area (Å²) in [6.45, 7) is 1.93. The summed E-state index contributed by atoms with van der Waals surface area (Å²) in [5, 5.41) is 0. The van der Waals surface area contributed by atoms with Crippen LogP contribution in [0.5, 0.6) is 0 Å². The Morgan fingerprint density at radius 3 is 2.84 bits per heavy atom. The fourth-order valence-electron chi connectivity index (χ4n) is 1.74. The van der Waals surface area contributed by atoms with Gasteiger partial charge in [0.1, 0.15) is 0 Å². The first-order chi connectivity index (χ1) is 9.16. The highest BCUT2D eigenvalue weighted by atomic mass is 32.2. The Hall–Kier alpha value is -2.28. The first-order valence-corrected chi connectivity index (χ1v) is 6.36. The van der Waals surface area contributed by atoms with Crippen molar-refractivity contribution in [1.29, 1.82) is 0 Å². The number of nitrogens with zero attached hydrogens (tertiary/aromatic N) is 2.